The number of rotatable bonds is 24. The van der Waals surface area contributed by atoms with Gasteiger partial charge in [0.25, 0.3) is 0 Å². The van der Waals surface area contributed by atoms with E-state index in [9.17, 15) is 0 Å². The second-order valence-corrected chi connectivity index (χ2v) is 17.0. The van der Waals surface area contributed by atoms with Gasteiger partial charge in [0.2, 0.25) is 0 Å². The van der Waals surface area contributed by atoms with Crippen molar-refractivity contribution in [2.45, 2.75) is 149 Å². The molecule has 0 spiro atoms. The molecule has 1 atom stereocenters. The van der Waals surface area contributed by atoms with Crippen LogP contribution in [0.15, 0.2) is 93.9 Å². The minimum Gasteiger partial charge on any atom is -0.340 e. The van der Waals surface area contributed by atoms with E-state index in [0.29, 0.717) is 5.92 Å². The molecule has 0 aliphatic rings. The lowest BCUT2D eigenvalue weighted by molar-refractivity contribution is 0.364. The van der Waals surface area contributed by atoms with Gasteiger partial charge in [-0.05, 0) is 65.8 Å². The van der Waals surface area contributed by atoms with Crippen molar-refractivity contribution in [1.82, 2.24) is 4.57 Å². The third-order valence-corrected chi connectivity index (χ3v) is 12.2. The fourth-order valence-electron chi connectivity index (χ4n) is 8.19. The first-order chi connectivity index (χ1) is 25.1. The average molecular weight is 814 g/mol. The number of hydrogen-bond acceptors (Lipinski definition) is 0. The van der Waals surface area contributed by atoms with Gasteiger partial charge in [-0.3, -0.25) is 0 Å². The second-order valence-electron chi connectivity index (χ2n) is 15.1. The average Bonchev–Trinajstić information content (AvgIpc) is 3.46. The van der Waals surface area contributed by atoms with Gasteiger partial charge in [-0.2, -0.15) is 0 Å². The van der Waals surface area contributed by atoms with Gasteiger partial charge in [0.1, 0.15) is 0 Å². The van der Waals surface area contributed by atoms with Crippen LogP contribution in [0.2, 0.25) is 0 Å². The summed E-state index contributed by atoms with van der Waals surface area (Å²) in [5.74, 6) is 0.687. The lowest BCUT2D eigenvalue weighted by Gasteiger charge is -2.22. The predicted molar refractivity (Wildman–Crippen MR) is 233 cm³/mol. The summed E-state index contributed by atoms with van der Waals surface area (Å²) in [5, 5.41) is 2.74. The Bertz CT molecular complexity index is 1720. The van der Waals surface area contributed by atoms with Gasteiger partial charge in [0.05, 0.1) is 5.52 Å². The number of unbranched alkanes of at least 4 members (excludes halogenated alkanes) is 16. The van der Waals surface area contributed by atoms with E-state index in [1.807, 2.05) is 0 Å². The number of para-hydroxylation sites is 1. The Morgan fingerprint density at radius 2 is 0.941 bits per heavy atom. The van der Waals surface area contributed by atoms with Gasteiger partial charge in [-0.1, -0.05) is 216 Å². The summed E-state index contributed by atoms with van der Waals surface area (Å²) < 4.78 is 4.96. The summed E-state index contributed by atoms with van der Waals surface area (Å²) in [7, 11) is 0. The van der Waals surface area contributed by atoms with E-state index in [1.54, 1.807) is 0 Å². The third-order valence-electron chi connectivity index (χ3n) is 11.1. The molecule has 5 rings (SSSR count). The molecular formula is C48H63Br2N. The highest BCUT2D eigenvalue weighted by molar-refractivity contribution is 9.10. The van der Waals surface area contributed by atoms with E-state index in [-0.39, 0.29) is 0 Å². The lowest BCUT2D eigenvalue weighted by Crippen LogP contribution is -2.12. The number of benzene rings is 4. The van der Waals surface area contributed by atoms with Crippen molar-refractivity contribution < 1.29 is 0 Å². The Kier molecular flexibility index (Phi) is 17.2. The summed E-state index contributed by atoms with van der Waals surface area (Å²) >= 11 is 7.39. The Hall–Kier alpha value is -2.36. The third kappa shape index (κ3) is 11.8. The molecule has 1 aromatic heterocycles. The molecule has 4 aromatic carbocycles. The monoisotopic (exact) mass is 811 g/mol. The van der Waals surface area contributed by atoms with E-state index in [4.69, 9.17) is 0 Å². The van der Waals surface area contributed by atoms with Gasteiger partial charge < -0.3 is 4.57 Å². The topological polar surface area (TPSA) is 4.93 Å². The summed E-state index contributed by atoms with van der Waals surface area (Å²) in [4.78, 5) is 0. The number of hydrogen-bond donors (Lipinski definition) is 0. The Labute approximate surface area is 327 Å². The minimum absolute atomic E-state index is 0.687. The quantitative estimate of drug-likeness (QED) is 0.0547. The van der Waals surface area contributed by atoms with Crippen LogP contribution in [0.4, 0.5) is 0 Å². The van der Waals surface area contributed by atoms with Crippen molar-refractivity contribution in [2.24, 2.45) is 5.92 Å². The van der Waals surface area contributed by atoms with Crippen molar-refractivity contribution in [3.8, 4) is 22.3 Å². The van der Waals surface area contributed by atoms with Crippen molar-refractivity contribution in [3.63, 3.8) is 0 Å². The summed E-state index contributed by atoms with van der Waals surface area (Å²) in [5.41, 5.74) is 7.96. The molecule has 0 amide bonds. The molecule has 0 bridgehead atoms. The molecule has 1 heterocycles. The molecule has 0 N–H and O–H groups in total. The fourth-order valence-corrected chi connectivity index (χ4v) is 8.72. The highest BCUT2D eigenvalue weighted by Gasteiger charge is 2.21. The Balaban J connectivity index is 1.42. The highest BCUT2D eigenvalue weighted by Crippen LogP contribution is 2.43. The molecule has 1 unspecified atom stereocenters. The van der Waals surface area contributed by atoms with E-state index in [1.165, 1.54) is 172 Å². The largest absolute Gasteiger partial charge is 0.340 e. The smallest absolute Gasteiger partial charge is 0.0577 e. The maximum Gasteiger partial charge on any atom is 0.0577 e. The van der Waals surface area contributed by atoms with Gasteiger partial charge in [-0.15, -0.1) is 0 Å². The standard InChI is InChI=1S/C48H63Br2N/c1-3-5-7-9-11-13-14-16-18-20-24-38(23-19-17-15-12-10-8-6-4-2)37-51-46-26-22-21-25-44(46)45-36-35-43(39-27-31-41(49)32-28-39)47(48(45)51)40-29-33-42(50)34-30-40/h21-22,25-36,38H,3-20,23-24,37H2,1-2H3. The number of fused-ring (bicyclic) bond motifs is 3. The molecule has 0 saturated carbocycles. The summed E-state index contributed by atoms with van der Waals surface area (Å²) in [6.07, 6.45) is 27.8. The molecule has 0 fully saturated rings. The van der Waals surface area contributed by atoms with E-state index < -0.39 is 0 Å². The molecule has 3 heteroatoms. The molecule has 1 nitrogen and oxygen atoms in total. The maximum atomic E-state index is 3.71. The Morgan fingerprint density at radius 1 is 0.471 bits per heavy atom. The van der Waals surface area contributed by atoms with Gasteiger partial charge in [0, 0.05) is 37.3 Å². The zero-order valence-corrected chi connectivity index (χ0v) is 34.9. The van der Waals surface area contributed by atoms with Crippen LogP contribution in [-0.4, -0.2) is 4.57 Å². The predicted octanol–water partition coefficient (Wildman–Crippen LogP) is 17.1. The zero-order valence-electron chi connectivity index (χ0n) is 31.7. The zero-order chi connectivity index (χ0) is 35.7. The van der Waals surface area contributed by atoms with Crippen molar-refractivity contribution in [3.05, 3.63) is 93.9 Å². The van der Waals surface area contributed by atoms with Crippen LogP contribution >= 0.6 is 31.9 Å². The van der Waals surface area contributed by atoms with Crippen LogP contribution in [0.1, 0.15) is 142 Å². The first kappa shape index (κ1) is 39.8. The number of aromatic nitrogens is 1. The van der Waals surface area contributed by atoms with E-state index in [0.717, 1.165) is 15.5 Å². The molecule has 51 heavy (non-hydrogen) atoms. The molecule has 0 aliphatic carbocycles. The highest BCUT2D eigenvalue weighted by atomic mass is 79.9. The number of halogens is 2. The van der Waals surface area contributed by atoms with E-state index >= 15 is 0 Å². The molecule has 0 radical (unpaired) electrons. The SMILES string of the molecule is CCCCCCCCCCCCC(CCCCCCCCCC)Cn1c2ccccc2c2ccc(-c3ccc(Br)cc3)c(-c3ccc(Br)cc3)c21. The number of nitrogens with zero attached hydrogens (tertiary/aromatic N) is 1. The fraction of sp³-hybridized carbons (Fsp3) is 0.500. The first-order valence-electron chi connectivity index (χ1n) is 20.7. The summed E-state index contributed by atoms with van der Waals surface area (Å²) in [6.45, 7) is 5.71. The molecule has 0 aliphatic heterocycles. The minimum atomic E-state index is 0.687. The van der Waals surface area contributed by atoms with Crippen LogP contribution in [0.3, 0.4) is 0 Å². The van der Waals surface area contributed by atoms with Crippen LogP contribution in [-0.2, 0) is 6.54 Å². The van der Waals surface area contributed by atoms with Crippen LogP contribution in [0.5, 0.6) is 0 Å². The van der Waals surface area contributed by atoms with Gasteiger partial charge in [-0.25, -0.2) is 0 Å². The molecule has 274 valence electrons. The molecule has 5 aromatic rings. The Morgan fingerprint density at radius 3 is 1.47 bits per heavy atom. The maximum absolute atomic E-state index is 3.71. The lowest BCUT2D eigenvalue weighted by atomic mass is 9.91. The van der Waals surface area contributed by atoms with Crippen molar-refractivity contribution in [1.29, 1.82) is 0 Å². The van der Waals surface area contributed by atoms with Crippen molar-refractivity contribution >= 4 is 53.7 Å². The van der Waals surface area contributed by atoms with Crippen LogP contribution in [0, 0.1) is 5.92 Å². The summed E-state index contributed by atoms with van der Waals surface area (Å²) in [6, 6.07) is 31.8. The van der Waals surface area contributed by atoms with Crippen LogP contribution in [0.25, 0.3) is 44.1 Å². The second kappa shape index (κ2) is 22.0. The molecular weight excluding hydrogens is 750 g/mol. The van der Waals surface area contributed by atoms with Crippen LogP contribution < -0.4 is 0 Å². The molecule has 0 saturated heterocycles. The van der Waals surface area contributed by atoms with E-state index in [2.05, 4.69) is 135 Å². The van der Waals surface area contributed by atoms with Crippen molar-refractivity contribution in [2.75, 3.05) is 0 Å². The normalized spacial score (nSPS) is 12.3. The van der Waals surface area contributed by atoms with Gasteiger partial charge >= 0.3 is 0 Å². The first-order valence-corrected chi connectivity index (χ1v) is 22.2. The van der Waals surface area contributed by atoms with Gasteiger partial charge in [0.15, 0.2) is 0 Å².